The number of carbonyl (C=O) groups excluding carboxylic acids is 1. The third-order valence-electron chi connectivity index (χ3n) is 3.03. The maximum atomic E-state index is 11.5. The van der Waals surface area contributed by atoms with Crippen LogP contribution in [0.4, 0.5) is 0 Å². The molecule has 0 aliphatic carbocycles. The van der Waals surface area contributed by atoms with Gasteiger partial charge in [0.15, 0.2) is 0 Å². The van der Waals surface area contributed by atoms with Gasteiger partial charge in [0.25, 0.3) is 0 Å². The summed E-state index contributed by atoms with van der Waals surface area (Å²) in [6, 6.07) is 0.126. The molecule has 16 heavy (non-hydrogen) atoms. The minimum Gasteiger partial charge on any atom is -0.468 e. The van der Waals surface area contributed by atoms with E-state index >= 15 is 0 Å². The lowest BCUT2D eigenvalue weighted by Gasteiger charge is -2.42. The molecule has 1 aromatic rings. The van der Waals surface area contributed by atoms with E-state index in [4.69, 9.17) is 4.74 Å². The van der Waals surface area contributed by atoms with Gasteiger partial charge >= 0.3 is 5.97 Å². The zero-order chi connectivity index (χ0) is 11.7. The van der Waals surface area contributed by atoms with Gasteiger partial charge < -0.3 is 4.74 Å². The van der Waals surface area contributed by atoms with Crippen LogP contribution in [0.1, 0.15) is 29.3 Å². The molecular weight excluding hydrogens is 224 g/mol. The van der Waals surface area contributed by atoms with Gasteiger partial charge in [-0.2, -0.15) is 0 Å². The number of hydrogen-bond donors (Lipinski definition) is 0. The first-order chi connectivity index (χ1) is 7.63. The summed E-state index contributed by atoms with van der Waals surface area (Å²) in [6.45, 7) is 5.08. The van der Waals surface area contributed by atoms with Crippen LogP contribution >= 0.6 is 11.3 Å². The molecule has 1 aliphatic rings. The molecule has 1 aromatic heterocycles. The predicted molar refractivity (Wildman–Crippen MR) is 62.4 cm³/mol. The van der Waals surface area contributed by atoms with Gasteiger partial charge in [0, 0.05) is 17.6 Å². The molecule has 2 unspecified atom stereocenters. The highest BCUT2D eigenvalue weighted by molar-refractivity contribution is 7.11. The minimum atomic E-state index is -0.133. The molecule has 0 amide bonds. The van der Waals surface area contributed by atoms with Crippen molar-refractivity contribution in [1.29, 1.82) is 0 Å². The molecule has 0 spiro atoms. The summed E-state index contributed by atoms with van der Waals surface area (Å²) >= 11 is 1.69. The Labute approximate surface area is 99.2 Å². The minimum absolute atomic E-state index is 0.0794. The topological polar surface area (TPSA) is 42.4 Å². The number of thiazole rings is 1. The van der Waals surface area contributed by atoms with Gasteiger partial charge in [-0.3, -0.25) is 9.69 Å². The average molecular weight is 240 g/mol. The molecule has 2 heterocycles. The van der Waals surface area contributed by atoms with Gasteiger partial charge in [-0.05, 0) is 20.3 Å². The van der Waals surface area contributed by atoms with Crippen LogP contribution in [-0.2, 0) is 9.53 Å². The fourth-order valence-electron chi connectivity index (χ4n) is 1.97. The molecule has 2 atom stereocenters. The summed E-state index contributed by atoms with van der Waals surface area (Å²) in [7, 11) is 1.44. The SMILES string of the molecule is COC(=O)C1CCN1C(C)c1ncc(C)s1. The molecule has 0 saturated carbocycles. The molecule has 1 saturated heterocycles. The Bertz CT molecular complexity index is 391. The zero-order valence-corrected chi connectivity index (χ0v) is 10.6. The van der Waals surface area contributed by atoms with E-state index < -0.39 is 0 Å². The van der Waals surface area contributed by atoms with Gasteiger partial charge in [0.1, 0.15) is 11.0 Å². The Morgan fingerprint density at radius 3 is 2.94 bits per heavy atom. The van der Waals surface area contributed by atoms with E-state index in [1.165, 1.54) is 12.0 Å². The summed E-state index contributed by atoms with van der Waals surface area (Å²) in [5.74, 6) is -0.133. The van der Waals surface area contributed by atoms with E-state index in [9.17, 15) is 4.79 Å². The fraction of sp³-hybridized carbons (Fsp3) is 0.636. The molecule has 5 heteroatoms. The van der Waals surface area contributed by atoms with Crippen molar-refractivity contribution in [1.82, 2.24) is 9.88 Å². The number of rotatable bonds is 3. The molecule has 88 valence electrons. The number of hydrogen-bond acceptors (Lipinski definition) is 5. The molecule has 0 N–H and O–H groups in total. The quantitative estimate of drug-likeness (QED) is 0.755. The molecule has 1 fully saturated rings. The molecule has 0 aromatic carbocycles. The maximum absolute atomic E-state index is 11.5. The first-order valence-electron chi connectivity index (χ1n) is 5.39. The second-order valence-corrected chi connectivity index (χ2v) is 5.32. The maximum Gasteiger partial charge on any atom is 0.323 e. The highest BCUT2D eigenvalue weighted by Gasteiger charge is 2.39. The molecule has 0 bridgehead atoms. The van der Waals surface area contributed by atoms with Crippen LogP contribution in [0.15, 0.2) is 6.20 Å². The number of methoxy groups -OCH3 is 1. The Hall–Kier alpha value is -0.940. The van der Waals surface area contributed by atoms with Gasteiger partial charge in [-0.1, -0.05) is 0 Å². The average Bonchev–Trinajstić information content (AvgIpc) is 2.63. The Kier molecular flexibility index (Phi) is 3.25. The van der Waals surface area contributed by atoms with Crippen LogP contribution in [0.5, 0.6) is 0 Å². The largest absolute Gasteiger partial charge is 0.468 e. The number of esters is 1. The predicted octanol–water partition coefficient (Wildman–Crippen LogP) is 1.76. The molecule has 4 nitrogen and oxygen atoms in total. The van der Waals surface area contributed by atoms with Crippen LogP contribution in [-0.4, -0.2) is 35.5 Å². The smallest absolute Gasteiger partial charge is 0.323 e. The highest BCUT2D eigenvalue weighted by Crippen LogP contribution is 2.32. The van der Waals surface area contributed by atoms with Crippen molar-refractivity contribution in [2.45, 2.75) is 32.4 Å². The Balaban J connectivity index is 2.05. The number of aromatic nitrogens is 1. The summed E-state index contributed by atoms with van der Waals surface area (Å²) < 4.78 is 4.78. The molecule has 1 aliphatic heterocycles. The summed E-state index contributed by atoms with van der Waals surface area (Å²) in [5, 5.41) is 1.08. The van der Waals surface area contributed by atoms with E-state index in [0.29, 0.717) is 0 Å². The first-order valence-corrected chi connectivity index (χ1v) is 6.21. The number of aryl methyl sites for hydroxylation is 1. The van der Waals surface area contributed by atoms with Crippen molar-refractivity contribution in [3.63, 3.8) is 0 Å². The Morgan fingerprint density at radius 2 is 2.50 bits per heavy atom. The fourth-order valence-corrected chi connectivity index (χ4v) is 2.81. The lowest BCUT2D eigenvalue weighted by atomic mass is 10.0. The van der Waals surface area contributed by atoms with Crippen LogP contribution in [0.25, 0.3) is 0 Å². The number of likely N-dealkylation sites (tertiary alicyclic amines) is 1. The van der Waals surface area contributed by atoms with E-state index in [-0.39, 0.29) is 18.1 Å². The lowest BCUT2D eigenvalue weighted by molar-refractivity contribution is -0.153. The van der Waals surface area contributed by atoms with Crippen molar-refractivity contribution in [3.8, 4) is 0 Å². The van der Waals surface area contributed by atoms with Crippen LogP contribution in [0, 0.1) is 6.92 Å². The number of ether oxygens (including phenoxy) is 1. The van der Waals surface area contributed by atoms with E-state index in [1.807, 2.05) is 13.1 Å². The zero-order valence-electron chi connectivity index (χ0n) is 9.77. The number of carbonyl (C=O) groups is 1. The van der Waals surface area contributed by atoms with E-state index in [0.717, 1.165) is 18.0 Å². The second-order valence-electron chi connectivity index (χ2n) is 4.05. The lowest BCUT2D eigenvalue weighted by Crippen LogP contribution is -2.53. The van der Waals surface area contributed by atoms with Crippen LogP contribution < -0.4 is 0 Å². The third-order valence-corrected chi connectivity index (χ3v) is 4.11. The van der Waals surface area contributed by atoms with Crippen LogP contribution in [0.2, 0.25) is 0 Å². The summed E-state index contributed by atoms with van der Waals surface area (Å²) in [6.07, 6.45) is 2.77. The second kappa shape index (κ2) is 4.51. The Morgan fingerprint density at radius 1 is 1.75 bits per heavy atom. The molecular formula is C11H16N2O2S. The monoisotopic (exact) mass is 240 g/mol. The van der Waals surface area contributed by atoms with Crippen molar-refractivity contribution in [2.24, 2.45) is 0 Å². The summed E-state index contributed by atoms with van der Waals surface area (Å²) in [5.41, 5.74) is 0. The van der Waals surface area contributed by atoms with Crippen molar-refractivity contribution in [2.75, 3.05) is 13.7 Å². The standard InChI is InChI=1S/C11H16N2O2S/c1-7-6-12-10(16-7)8(2)13-5-4-9(13)11(14)15-3/h6,8-9H,4-5H2,1-3H3. The first kappa shape index (κ1) is 11.5. The summed E-state index contributed by atoms with van der Waals surface area (Å²) in [4.78, 5) is 19.2. The normalized spacial score (nSPS) is 22.6. The molecule has 0 radical (unpaired) electrons. The highest BCUT2D eigenvalue weighted by atomic mass is 32.1. The van der Waals surface area contributed by atoms with Crippen molar-refractivity contribution < 1.29 is 9.53 Å². The van der Waals surface area contributed by atoms with Gasteiger partial charge in [-0.15, -0.1) is 11.3 Å². The number of nitrogens with zero attached hydrogens (tertiary/aromatic N) is 2. The van der Waals surface area contributed by atoms with Gasteiger partial charge in [-0.25, -0.2) is 4.98 Å². The van der Waals surface area contributed by atoms with Gasteiger partial charge in [0.05, 0.1) is 13.2 Å². The van der Waals surface area contributed by atoms with Crippen LogP contribution in [0.3, 0.4) is 0 Å². The van der Waals surface area contributed by atoms with Crippen molar-refractivity contribution >= 4 is 17.3 Å². The van der Waals surface area contributed by atoms with Crippen molar-refractivity contribution in [3.05, 3.63) is 16.1 Å². The molecule has 2 rings (SSSR count). The van der Waals surface area contributed by atoms with E-state index in [2.05, 4.69) is 16.8 Å². The van der Waals surface area contributed by atoms with E-state index in [1.54, 1.807) is 11.3 Å². The van der Waals surface area contributed by atoms with Gasteiger partial charge in [0.2, 0.25) is 0 Å². The third kappa shape index (κ3) is 1.97.